The Morgan fingerprint density at radius 3 is 2.55 bits per heavy atom. The Kier molecular flexibility index (Phi) is 5.88. The van der Waals surface area contributed by atoms with Crippen molar-refractivity contribution in [1.29, 1.82) is 0 Å². The number of rotatable bonds is 6. The molecule has 0 spiro atoms. The van der Waals surface area contributed by atoms with Crippen LogP contribution in [0.2, 0.25) is 0 Å². The number of nitrogens with two attached hydrogens (primary N) is 1. The predicted molar refractivity (Wildman–Crippen MR) is 86.9 cm³/mol. The number of likely N-dealkylation sites (tertiary alicyclic amines) is 1. The van der Waals surface area contributed by atoms with Crippen LogP contribution >= 0.6 is 0 Å². The predicted octanol–water partition coefficient (Wildman–Crippen LogP) is 2.56. The highest BCUT2D eigenvalue weighted by molar-refractivity contribution is 4.89. The minimum absolute atomic E-state index is 0.400. The Morgan fingerprint density at radius 2 is 1.95 bits per heavy atom. The van der Waals surface area contributed by atoms with Crippen molar-refractivity contribution in [1.82, 2.24) is 9.80 Å². The highest BCUT2D eigenvalue weighted by Crippen LogP contribution is 2.38. The van der Waals surface area contributed by atoms with Crippen LogP contribution in [-0.4, -0.2) is 55.6 Å². The summed E-state index contributed by atoms with van der Waals surface area (Å²) in [7, 11) is 2.31. The molecule has 118 valence electrons. The van der Waals surface area contributed by atoms with E-state index in [1.807, 2.05) is 0 Å². The third kappa shape index (κ3) is 3.96. The highest BCUT2D eigenvalue weighted by Gasteiger charge is 2.35. The van der Waals surface area contributed by atoms with Gasteiger partial charge in [-0.1, -0.05) is 26.7 Å². The molecule has 0 aromatic heterocycles. The van der Waals surface area contributed by atoms with Gasteiger partial charge in [-0.15, -0.1) is 0 Å². The van der Waals surface area contributed by atoms with Crippen LogP contribution in [0.1, 0.15) is 52.4 Å². The molecule has 20 heavy (non-hydrogen) atoms. The quantitative estimate of drug-likeness (QED) is 0.812. The lowest BCUT2D eigenvalue weighted by molar-refractivity contribution is 0.0929. The SMILES string of the molecule is CCN1CCCC1CN(C)CC1(CN)CCC(C)CC1. The first-order valence-electron chi connectivity index (χ1n) is 8.71. The molecule has 2 aliphatic rings. The molecule has 0 aromatic carbocycles. The van der Waals surface area contributed by atoms with E-state index >= 15 is 0 Å². The summed E-state index contributed by atoms with van der Waals surface area (Å²) >= 11 is 0. The number of nitrogens with zero attached hydrogens (tertiary/aromatic N) is 2. The molecule has 2 fully saturated rings. The van der Waals surface area contributed by atoms with E-state index in [4.69, 9.17) is 5.73 Å². The van der Waals surface area contributed by atoms with Crippen molar-refractivity contribution in [2.45, 2.75) is 58.4 Å². The zero-order valence-corrected chi connectivity index (χ0v) is 13.9. The first kappa shape index (κ1) is 16.3. The Balaban J connectivity index is 1.84. The molecule has 1 heterocycles. The first-order valence-corrected chi connectivity index (χ1v) is 8.71. The zero-order chi connectivity index (χ0) is 14.6. The lowest BCUT2D eigenvalue weighted by Gasteiger charge is -2.42. The van der Waals surface area contributed by atoms with Crippen molar-refractivity contribution < 1.29 is 0 Å². The van der Waals surface area contributed by atoms with Crippen LogP contribution in [0.4, 0.5) is 0 Å². The first-order chi connectivity index (χ1) is 9.58. The van der Waals surface area contributed by atoms with Crippen molar-refractivity contribution in [3.8, 4) is 0 Å². The van der Waals surface area contributed by atoms with Gasteiger partial charge in [0.25, 0.3) is 0 Å². The topological polar surface area (TPSA) is 32.5 Å². The second-order valence-electron chi connectivity index (χ2n) is 7.51. The minimum Gasteiger partial charge on any atom is -0.330 e. The van der Waals surface area contributed by atoms with E-state index in [9.17, 15) is 0 Å². The van der Waals surface area contributed by atoms with Gasteiger partial charge >= 0.3 is 0 Å². The fourth-order valence-electron chi connectivity index (χ4n) is 4.32. The van der Waals surface area contributed by atoms with E-state index in [2.05, 4.69) is 30.7 Å². The maximum atomic E-state index is 6.16. The van der Waals surface area contributed by atoms with Gasteiger partial charge in [0, 0.05) is 19.1 Å². The summed E-state index contributed by atoms with van der Waals surface area (Å²) < 4.78 is 0. The molecule has 1 unspecified atom stereocenters. The summed E-state index contributed by atoms with van der Waals surface area (Å²) in [5.74, 6) is 0.908. The van der Waals surface area contributed by atoms with E-state index < -0.39 is 0 Å². The van der Waals surface area contributed by atoms with E-state index in [0.717, 1.165) is 18.5 Å². The Bertz CT molecular complexity index is 284. The van der Waals surface area contributed by atoms with E-state index in [1.165, 1.54) is 64.7 Å². The Morgan fingerprint density at radius 1 is 1.25 bits per heavy atom. The summed E-state index contributed by atoms with van der Waals surface area (Å²) in [6.07, 6.45) is 8.16. The molecule has 3 heteroatoms. The Hall–Kier alpha value is -0.120. The molecule has 0 bridgehead atoms. The molecule has 0 radical (unpaired) electrons. The van der Waals surface area contributed by atoms with Gasteiger partial charge in [0.05, 0.1) is 0 Å². The number of likely N-dealkylation sites (N-methyl/N-ethyl adjacent to an activating group) is 2. The molecule has 1 aliphatic heterocycles. The molecule has 1 saturated heterocycles. The largest absolute Gasteiger partial charge is 0.330 e. The van der Waals surface area contributed by atoms with E-state index in [1.54, 1.807) is 0 Å². The van der Waals surface area contributed by atoms with Crippen LogP contribution in [0, 0.1) is 11.3 Å². The van der Waals surface area contributed by atoms with Crippen LogP contribution in [0.3, 0.4) is 0 Å². The van der Waals surface area contributed by atoms with Gasteiger partial charge in [-0.3, -0.25) is 4.90 Å². The number of hydrogen-bond donors (Lipinski definition) is 1. The lowest BCUT2D eigenvalue weighted by atomic mass is 9.70. The maximum Gasteiger partial charge on any atom is 0.0223 e. The minimum atomic E-state index is 0.400. The van der Waals surface area contributed by atoms with Crippen molar-refractivity contribution in [2.24, 2.45) is 17.1 Å². The average Bonchev–Trinajstić information content (AvgIpc) is 2.88. The summed E-state index contributed by atoms with van der Waals surface area (Å²) in [5, 5.41) is 0. The fraction of sp³-hybridized carbons (Fsp3) is 1.00. The van der Waals surface area contributed by atoms with E-state index in [0.29, 0.717) is 5.41 Å². The van der Waals surface area contributed by atoms with Gasteiger partial charge in [0.15, 0.2) is 0 Å². The van der Waals surface area contributed by atoms with Gasteiger partial charge in [-0.2, -0.15) is 0 Å². The van der Waals surface area contributed by atoms with Crippen LogP contribution in [0.5, 0.6) is 0 Å². The van der Waals surface area contributed by atoms with Crippen molar-refractivity contribution in [3.63, 3.8) is 0 Å². The summed E-state index contributed by atoms with van der Waals surface area (Å²) in [6, 6.07) is 0.780. The van der Waals surface area contributed by atoms with E-state index in [-0.39, 0.29) is 0 Å². The third-order valence-corrected chi connectivity index (χ3v) is 5.80. The second-order valence-corrected chi connectivity index (χ2v) is 7.51. The molecule has 3 nitrogen and oxygen atoms in total. The highest BCUT2D eigenvalue weighted by atomic mass is 15.2. The summed E-state index contributed by atoms with van der Waals surface area (Å²) in [4.78, 5) is 5.22. The standard InChI is InChI=1S/C17H35N3/c1-4-20-11-5-6-16(20)12-19(3)14-17(13-18)9-7-15(2)8-10-17/h15-16H,4-14,18H2,1-3H3. The van der Waals surface area contributed by atoms with Crippen molar-refractivity contribution >= 4 is 0 Å². The maximum absolute atomic E-state index is 6.16. The van der Waals surface area contributed by atoms with Crippen LogP contribution < -0.4 is 5.73 Å². The average molecular weight is 281 g/mol. The van der Waals surface area contributed by atoms with Gasteiger partial charge in [0.1, 0.15) is 0 Å². The summed E-state index contributed by atoms with van der Waals surface area (Å²) in [5.41, 5.74) is 6.56. The molecule has 2 N–H and O–H groups in total. The zero-order valence-electron chi connectivity index (χ0n) is 13.9. The van der Waals surface area contributed by atoms with Gasteiger partial charge in [0.2, 0.25) is 0 Å². The van der Waals surface area contributed by atoms with Crippen molar-refractivity contribution in [3.05, 3.63) is 0 Å². The fourth-order valence-corrected chi connectivity index (χ4v) is 4.32. The van der Waals surface area contributed by atoms with Crippen LogP contribution in [0.15, 0.2) is 0 Å². The molecular formula is C17H35N3. The lowest BCUT2D eigenvalue weighted by Crippen LogP contribution is -2.47. The molecule has 1 atom stereocenters. The summed E-state index contributed by atoms with van der Waals surface area (Å²) in [6.45, 7) is 10.5. The smallest absolute Gasteiger partial charge is 0.0223 e. The van der Waals surface area contributed by atoms with Gasteiger partial charge in [-0.25, -0.2) is 0 Å². The number of hydrogen-bond acceptors (Lipinski definition) is 3. The Labute approximate surface area is 125 Å². The normalized spacial score (nSPS) is 35.9. The monoisotopic (exact) mass is 281 g/mol. The van der Waals surface area contributed by atoms with Gasteiger partial charge < -0.3 is 10.6 Å². The van der Waals surface area contributed by atoms with Gasteiger partial charge in [-0.05, 0) is 63.7 Å². The second kappa shape index (κ2) is 7.24. The molecule has 1 saturated carbocycles. The molecule has 0 aromatic rings. The molecule has 2 rings (SSSR count). The third-order valence-electron chi connectivity index (χ3n) is 5.80. The van der Waals surface area contributed by atoms with Crippen LogP contribution in [0.25, 0.3) is 0 Å². The van der Waals surface area contributed by atoms with Crippen LogP contribution in [-0.2, 0) is 0 Å². The van der Waals surface area contributed by atoms with Crippen molar-refractivity contribution in [2.75, 3.05) is 39.8 Å². The molecule has 0 amide bonds. The molecule has 1 aliphatic carbocycles. The molecular weight excluding hydrogens is 246 g/mol.